The van der Waals surface area contributed by atoms with Gasteiger partial charge >= 0.3 is 0 Å². The summed E-state index contributed by atoms with van der Waals surface area (Å²) in [6.45, 7) is 1.79. The molecular weight excluding hydrogens is 240 g/mol. The number of hydrogen-bond donors (Lipinski definition) is 2. The van der Waals surface area contributed by atoms with Crippen molar-refractivity contribution in [1.82, 2.24) is 5.32 Å². The largest absolute Gasteiger partial charge is 0.355 e. The van der Waals surface area contributed by atoms with Gasteiger partial charge in [-0.05, 0) is 12.8 Å². The fraction of sp³-hybridized carbons (Fsp3) is 0.909. The maximum Gasteiger partial charge on any atom is 0.221 e. The Labute approximate surface area is 103 Å². The molecule has 1 aliphatic rings. The molecule has 0 aromatic carbocycles. The Bertz CT molecular complexity index is 359. The van der Waals surface area contributed by atoms with Crippen molar-refractivity contribution in [1.29, 1.82) is 0 Å². The summed E-state index contributed by atoms with van der Waals surface area (Å²) >= 11 is 0. The SMILES string of the molecule is CCS(=O)(=O)CCNC(=O)CC1(N)CCCC1. The van der Waals surface area contributed by atoms with Gasteiger partial charge in [-0.15, -0.1) is 0 Å². The molecule has 0 spiro atoms. The van der Waals surface area contributed by atoms with Crippen molar-refractivity contribution >= 4 is 15.7 Å². The fourth-order valence-electron chi connectivity index (χ4n) is 2.13. The average molecular weight is 262 g/mol. The zero-order chi connectivity index (χ0) is 12.9. The molecule has 0 heterocycles. The van der Waals surface area contributed by atoms with Gasteiger partial charge in [0.05, 0.1) is 5.75 Å². The molecule has 100 valence electrons. The summed E-state index contributed by atoms with van der Waals surface area (Å²) in [5, 5.41) is 2.63. The van der Waals surface area contributed by atoms with Crippen LogP contribution >= 0.6 is 0 Å². The Morgan fingerprint density at radius 3 is 2.47 bits per heavy atom. The lowest BCUT2D eigenvalue weighted by Crippen LogP contribution is -2.42. The summed E-state index contributed by atoms with van der Waals surface area (Å²) in [6, 6.07) is 0. The fourth-order valence-corrected chi connectivity index (χ4v) is 2.83. The molecule has 0 bridgehead atoms. The number of nitrogens with one attached hydrogen (secondary N) is 1. The second kappa shape index (κ2) is 5.82. The van der Waals surface area contributed by atoms with Gasteiger partial charge < -0.3 is 11.1 Å². The minimum Gasteiger partial charge on any atom is -0.355 e. The van der Waals surface area contributed by atoms with Gasteiger partial charge in [-0.25, -0.2) is 8.42 Å². The maximum absolute atomic E-state index is 11.6. The molecular formula is C11H22N2O3S. The van der Waals surface area contributed by atoms with Gasteiger partial charge in [0.2, 0.25) is 5.91 Å². The molecule has 0 saturated heterocycles. The number of amides is 1. The normalized spacial score (nSPS) is 19.2. The number of sulfone groups is 1. The van der Waals surface area contributed by atoms with Gasteiger partial charge in [0.1, 0.15) is 0 Å². The first kappa shape index (κ1) is 14.4. The Hall–Kier alpha value is -0.620. The number of nitrogens with two attached hydrogens (primary N) is 1. The van der Waals surface area contributed by atoms with Crippen LogP contribution in [0.25, 0.3) is 0 Å². The van der Waals surface area contributed by atoms with Gasteiger partial charge in [-0.3, -0.25) is 4.79 Å². The predicted octanol–water partition coefficient (Wildman–Crippen LogP) is 0.199. The van der Waals surface area contributed by atoms with E-state index < -0.39 is 9.84 Å². The van der Waals surface area contributed by atoms with E-state index in [1.54, 1.807) is 6.92 Å². The van der Waals surface area contributed by atoms with Crippen LogP contribution in [-0.2, 0) is 14.6 Å². The van der Waals surface area contributed by atoms with Crippen molar-refractivity contribution in [2.75, 3.05) is 18.1 Å². The highest BCUT2D eigenvalue weighted by Gasteiger charge is 2.31. The lowest BCUT2D eigenvalue weighted by molar-refractivity contribution is -0.122. The zero-order valence-electron chi connectivity index (χ0n) is 10.4. The third-order valence-corrected chi connectivity index (χ3v) is 4.99. The number of hydrogen-bond acceptors (Lipinski definition) is 4. The van der Waals surface area contributed by atoms with Crippen molar-refractivity contribution in [3.8, 4) is 0 Å². The van der Waals surface area contributed by atoms with Crippen molar-refractivity contribution in [2.45, 2.75) is 44.6 Å². The minimum absolute atomic E-state index is 0.00676. The second-order valence-corrected chi connectivity index (χ2v) is 7.31. The summed E-state index contributed by atoms with van der Waals surface area (Å²) < 4.78 is 22.4. The Balaban J connectivity index is 2.26. The van der Waals surface area contributed by atoms with Crippen molar-refractivity contribution < 1.29 is 13.2 Å². The molecule has 0 unspecified atom stereocenters. The Kier molecular flexibility index (Phi) is 4.94. The molecule has 0 aliphatic heterocycles. The highest BCUT2D eigenvalue weighted by Crippen LogP contribution is 2.29. The first-order chi connectivity index (χ1) is 7.87. The summed E-state index contributed by atoms with van der Waals surface area (Å²) in [5.41, 5.74) is 5.70. The van der Waals surface area contributed by atoms with E-state index in [2.05, 4.69) is 5.32 Å². The van der Waals surface area contributed by atoms with Crippen molar-refractivity contribution in [2.24, 2.45) is 5.73 Å². The third-order valence-electron chi connectivity index (χ3n) is 3.29. The van der Waals surface area contributed by atoms with Crippen molar-refractivity contribution in [3.05, 3.63) is 0 Å². The lowest BCUT2D eigenvalue weighted by Gasteiger charge is -2.22. The summed E-state index contributed by atoms with van der Waals surface area (Å²) in [4.78, 5) is 11.6. The van der Waals surface area contributed by atoms with Crippen LogP contribution in [0.4, 0.5) is 0 Å². The van der Waals surface area contributed by atoms with E-state index in [1.807, 2.05) is 0 Å². The Morgan fingerprint density at radius 1 is 1.35 bits per heavy atom. The highest BCUT2D eigenvalue weighted by molar-refractivity contribution is 7.91. The van der Waals surface area contributed by atoms with E-state index >= 15 is 0 Å². The maximum atomic E-state index is 11.6. The van der Waals surface area contributed by atoms with E-state index in [0.29, 0.717) is 6.42 Å². The van der Waals surface area contributed by atoms with Crippen LogP contribution in [-0.4, -0.2) is 37.9 Å². The molecule has 1 rings (SSSR count). The molecule has 0 radical (unpaired) electrons. The van der Waals surface area contributed by atoms with Gasteiger partial charge in [-0.2, -0.15) is 0 Å². The molecule has 1 aliphatic carbocycles. The Morgan fingerprint density at radius 2 is 1.94 bits per heavy atom. The van der Waals surface area contributed by atoms with Gasteiger partial charge in [0.15, 0.2) is 9.84 Å². The van der Waals surface area contributed by atoms with E-state index in [0.717, 1.165) is 25.7 Å². The standard InChI is InChI=1S/C11H22N2O3S/c1-2-17(15,16)8-7-13-10(14)9-11(12)5-3-4-6-11/h2-9,12H2,1H3,(H,13,14). The average Bonchev–Trinajstić information content (AvgIpc) is 2.64. The van der Waals surface area contributed by atoms with Crippen LogP contribution in [0.5, 0.6) is 0 Å². The van der Waals surface area contributed by atoms with Gasteiger partial charge in [0.25, 0.3) is 0 Å². The topological polar surface area (TPSA) is 89.3 Å². The monoisotopic (exact) mass is 262 g/mol. The molecule has 0 aromatic heterocycles. The van der Waals surface area contributed by atoms with Gasteiger partial charge in [-0.1, -0.05) is 19.8 Å². The van der Waals surface area contributed by atoms with Crippen LogP contribution in [0.1, 0.15) is 39.0 Å². The molecule has 0 atom stereocenters. The summed E-state index contributed by atoms with van der Waals surface area (Å²) in [7, 11) is -3.00. The van der Waals surface area contributed by atoms with Crippen LogP contribution in [0.3, 0.4) is 0 Å². The first-order valence-electron chi connectivity index (χ1n) is 6.13. The molecule has 1 saturated carbocycles. The molecule has 0 aromatic rings. The molecule has 17 heavy (non-hydrogen) atoms. The van der Waals surface area contributed by atoms with Crippen LogP contribution in [0, 0.1) is 0 Å². The van der Waals surface area contributed by atoms with Gasteiger partial charge in [0, 0.05) is 24.3 Å². The van der Waals surface area contributed by atoms with Crippen molar-refractivity contribution in [3.63, 3.8) is 0 Å². The van der Waals surface area contributed by atoms with E-state index in [9.17, 15) is 13.2 Å². The molecule has 1 amide bonds. The first-order valence-corrected chi connectivity index (χ1v) is 7.95. The minimum atomic E-state index is -3.00. The highest BCUT2D eigenvalue weighted by atomic mass is 32.2. The molecule has 1 fully saturated rings. The predicted molar refractivity (Wildman–Crippen MR) is 67.3 cm³/mol. The van der Waals surface area contributed by atoms with E-state index in [-0.39, 0.29) is 29.5 Å². The molecule has 3 N–H and O–H groups in total. The van der Waals surface area contributed by atoms with Crippen LogP contribution < -0.4 is 11.1 Å². The molecule has 6 heteroatoms. The lowest BCUT2D eigenvalue weighted by atomic mass is 9.94. The quantitative estimate of drug-likeness (QED) is 0.715. The number of carbonyl (C=O) groups is 1. The summed E-state index contributed by atoms with van der Waals surface area (Å²) in [6.07, 6.45) is 4.22. The molecule has 5 nitrogen and oxygen atoms in total. The second-order valence-electron chi connectivity index (χ2n) is 4.83. The summed E-state index contributed by atoms with van der Waals surface area (Å²) in [5.74, 6) is -0.0167. The van der Waals surface area contributed by atoms with Crippen LogP contribution in [0.15, 0.2) is 0 Å². The van der Waals surface area contributed by atoms with E-state index in [4.69, 9.17) is 5.73 Å². The number of rotatable bonds is 6. The zero-order valence-corrected chi connectivity index (χ0v) is 11.2. The number of carbonyl (C=O) groups excluding carboxylic acids is 1. The van der Waals surface area contributed by atoms with Crippen LogP contribution in [0.2, 0.25) is 0 Å². The van der Waals surface area contributed by atoms with E-state index in [1.165, 1.54) is 0 Å². The third kappa shape index (κ3) is 5.04. The smallest absolute Gasteiger partial charge is 0.221 e.